The highest BCUT2D eigenvalue weighted by Crippen LogP contribution is 2.20. The van der Waals surface area contributed by atoms with Gasteiger partial charge in [0.05, 0.1) is 35.0 Å². The number of para-hydroxylation sites is 1. The third-order valence-corrected chi connectivity index (χ3v) is 5.29. The molecule has 1 saturated heterocycles. The third kappa shape index (κ3) is 4.60. The molecule has 140 valence electrons. The first-order valence-corrected chi connectivity index (χ1v) is 9.79. The van der Waals surface area contributed by atoms with Crippen LogP contribution in [0.4, 0.5) is 0 Å². The number of thiazole rings is 1. The Kier molecular flexibility index (Phi) is 6.24. The number of aliphatic hydroxyl groups excluding tert-OH is 1. The van der Waals surface area contributed by atoms with Gasteiger partial charge in [0.15, 0.2) is 0 Å². The summed E-state index contributed by atoms with van der Waals surface area (Å²) in [5.74, 6) is 0.361. The molecule has 1 aromatic heterocycles. The zero-order valence-corrected chi connectivity index (χ0v) is 16.0. The average molecular weight is 375 g/mol. The fraction of sp³-hybridized carbons (Fsp3) is 0.474. The van der Waals surface area contributed by atoms with E-state index in [2.05, 4.69) is 20.6 Å². The first-order valence-electron chi connectivity index (χ1n) is 8.91. The van der Waals surface area contributed by atoms with E-state index in [1.165, 1.54) is 0 Å². The van der Waals surface area contributed by atoms with Gasteiger partial charge < -0.3 is 15.2 Å². The number of nitrogens with zero attached hydrogens (tertiary/aromatic N) is 2. The minimum absolute atomic E-state index is 0.207. The lowest BCUT2D eigenvalue weighted by molar-refractivity contribution is 0.0345. The lowest BCUT2D eigenvalue weighted by atomic mass is 10.0. The number of amides is 1. The smallest absolute Gasteiger partial charge is 0.255 e. The maximum Gasteiger partial charge on any atom is 0.255 e. The number of nitrogens with one attached hydrogen (secondary N) is 1. The topological polar surface area (TPSA) is 74.7 Å². The van der Waals surface area contributed by atoms with Crippen LogP contribution in [0.2, 0.25) is 0 Å². The Hall–Kier alpha value is -1.96. The van der Waals surface area contributed by atoms with Gasteiger partial charge in [-0.05, 0) is 32.4 Å². The van der Waals surface area contributed by atoms with Crippen molar-refractivity contribution in [2.24, 2.45) is 0 Å². The third-order valence-electron chi connectivity index (χ3n) is 4.47. The van der Waals surface area contributed by atoms with Gasteiger partial charge in [0, 0.05) is 25.0 Å². The van der Waals surface area contributed by atoms with Crippen molar-refractivity contribution in [2.45, 2.75) is 39.0 Å². The molecule has 0 saturated carbocycles. The summed E-state index contributed by atoms with van der Waals surface area (Å²) in [6.07, 6.45) is 0.0963. The molecule has 0 radical (unpaired) electrons. The largest absolute Gasteiger partial charge is 0.493 e. The molecule has 2 heterocycles. The van der Waals surface area contributed by atoms with Crippen LogP contribution in [-0.2, 0) is 6.54 Å². The lowest BCUT2D eigenvalue weighted by Crippen LogP contribution is -2.53. The molecule has 2 aromatic rings. The Bertz CT molecular complexity index is 749. The van der Waals surface area contributed by atoms with E-state index in [1.807, 2.05) is 26.0 Å². The van der Waals surface area contributed by atoms with Crippen molar-refractivity contribution in [1.82, 2.24) is 15.2 Å². The maximum atomic E-state index is 12.6. The van der Waals surface area contributed by atoms with Crippen molar-refractivity contribution in [1.29, 1.82) is 0 Å². The minimum atomic E-state index is -0.605. The highest BCUT2D eigenvalue weighted by Gasteiger charge is 2.29. The Morgan fingerprint density at radius 1 is 1.46 bits per heavy atom. The maximum absolute atomic E-state index is 12.6. The Morgan fingerprint density at radius 2 is 2.27 bits per heavy atom. The van der Waals surface area contributed by atoms with Crippen LogP contribution in [0.15, 0.2) is 29.6 Å². The lowest BCUT2D eigenvalue weighted by Gasteiger charge is -2.36. The van der Waals surface area contributed by atoms with Crippen LogP contribution >= 0.6 is 11.3 Å². The summed E-state index contributed by atoms with van der Waals surface area (Å²) in [5, 5.41) is 16.6. The number of piperidine rings is 1. The van der Waals surface area contributed by atoms with E-state index in [-0.39, 0.29) is 11.9 Å². The number of hydrogen-bond acceptors (Lipinski definition) is 6. The van der Waals surface area contributed by atoms with Crippen molar-refractivity contribution >= 4 is 17.2 Å². The predicted octanol–water partition coefficient (Wildman–Crippen LogP) is 2.22. The summed E-state index contributed by atoms with van der Waals surface area (Å²) < 4.78 is 5.52. The molecule has 3 rings (SSSR count). The van der Waals surface area contributed by atoms with Crippen molar-refractivity contribution in [3.8, 4) is 5.75 Å². The molecule has 7 heteroatoms. The Balaban J connectivity index is 1.57. The number of aryl methyl sites for hydroxylation is 1. The highest BCUT2D eigenvalue weighted by molar-refractivity contribution is 7.09. The standard InChI is InChI=1S/C19H25N3O3S/c1-3-25-18-7-5-4-6-15(18)19(24)21-16-8-9-22(11-17(16)23)10-14-12-26-13(2)20-14/h4-7,12,16-17,23H,3,8-11H2,1-2H3,(H,21,24)/t16-,17-/m1/s1. The van der Waals surface area contributed by atoms with E-state index in [0.29, 0.717) is 30.9 Å². The van der Waals surface area contributed by atoms with E-state index in [9.17, 15) is 9.90 Å². The molecule has 0 spiro atoms. The van der Waals surface area contributed by atoms with Crippen LogP contribution in [-0.4, -0.2) is 52.7 Å². The van der Waals surface area contributed by atoms with Crippen molar-refractivity contribution < 1.29 is 14.6 Å². The molecule has 1 amide bonds. The van der Waals surface area contributed by atoms with E-state index in [0.717, 1.165) is 23.8 Å². The molecular formula is C19H25N3O3S. The molecule has 1 aliphatic heterocycles. The van der Waals surface area contributed by atoms with Gasteiger partial charge in [-0.1, -0.05) is 12.1 Å². The van der Waals surface area contributed by atoms with Crippen LogP contribution in [0.25, 0.3) is 0 Å². The molecule has 1 aromatic carbocycles. The van der Waals surface area contributed by atoms with Gasteiger partial charge in [-0.25, -0.2) is 4.98 Å². The molecule has 1 aliphatic rings. The summed E-state index contributed by atoms with van der Waals surface area (Å²) in [7, 11) is 0. The van der Waals surface area contributed by atoms with E-state index in [1.54, 1.807) is 23.5 Å². The molecule has 0 aliphatic carbocycles. The van der Waals surface area contributed by atoms with Gasteiger partial charge in [-0.15, -0.1) is 11.3 Å². The number of carbonyl (C=O) groups is 1. The van der Waals surface area contributed by atoms with Crippen molar-refractivity contribution in [3.63, 3.8) is 0 Å². The van der Waals surface area contributed by atoms with E-state index in [4.69, 9.17) is 4.74 Å². The molecule has 6 nitrogen and oxygen atoms in total. The van der Waals surface area contributed by atoms with Gasteiger partial charge in [0.2, 0.25) is 0 Å². The van der Waals surface area contributed by atoms with Crippen molar-refractivity contribution in [2.75, 3.05) is 19.7 Å². The number of rotatable bonds is 6. The quantitative estimate of drug-likeness (QED) is 0.810. The molecular weight excluding hydrogens is 350 g/mol. The van der Waals surface area contributed by atoms with Gasteiger partial charge in [-0.2, -0.15) is 0 Å². The molecule has 2 N–H and O–H groups in total. The van der Waals surface area contributed by atoms with Crippen LogP contribution in [0, 0.1) is 6.92 Å². The van der Waals surface area contributed by atoms with Crippen LogP contribution < -0.4 is 10.1 Å². The summed E-state index contributed by atoms with van der Waals surface area (Å²) in [6.45, 7) is 6.44. The molecule has 2 atom stereocenters. The number of likely N-dealkylation sites (tertiary alicyclic amines) is 1. The average Bonchev–Trinajstić information content (AvgIpc) is 3.03. The monoisotopic (exact) mass is 375 g/mol. The SMILES string of the molecule is CCOc1ccccc1C(=O)N[C@@H]1CCN(Cc2csc(C)n2)C[C@H]1O. The van der Waals surface area contributed by atoms with Crippen LogP contribution in [0.5, 0.6) is 5.75 Å². The number of aromatic nitrogens is 1. The van der Waals surface area contributed by atoms with Crippen LogP contribution in [0.1, 0.15) is 34.4 Å². The van der Waals surface area contributed by atoms with E-state index >= 15 is 0 Å². The molecule has 26 heavy (non-hydrogen) atoms. The summed E-state index contributed by atoms with van der Waals surface area (Å²) in [6, 6.07) is 6.92. The van der Waals surface area contributed by atoms with Gasteiger partial charge in [-0.3, -0.25) is 9.69 Å². The first-order chi connectivity index (χ1) is 12.6. The minimum Gasteiger partial charge on any atom is -0.493 e. The second-order valence-electron chi connectivity index (χ2n) is 6.46. The zero-order chi connectivity index (χ0) is 18.5. The van der Waals surface area contributed by atoms with Gasteiger partial charge in [0.1, 0.15) is 5.75 Å². The predicted molar refractivity (Wildman–Crippen MR) is 102 cm³/mol. The fourth-order valence-electron chi connectivity index (χ4n) is 3.20. The zero-order valence-electron chi connectivity index (χ0n) is 15.1. The van der Waals surface area contributed by atoms with Gasteiger partial charge in [0.25, 0.3) is 5.91 Å². The summed E-state index contributed by atoms with van der Waals surface area (Å²) in [4.78, 5) is 19.3. The molecule has 0 unspecified atom stereocenters. The summed E-state index contributed by atoms with van der Waals surface area (Å²) >= 11 is 1.64. The first kappa shape index (κ1) is 18.8. The summed E-state index contributed by atoms with van der Waals surface area (Å²) in [5.41, 5.74) is 1.54. The Morgan fingerprint density at radius 3 is 2.96 bits per heavy atom. The fourth-order valence-corrected chi connectivity index (χ4v) is 3.80. The number of hydrogen-bond donors (Lipinski definition) is 2. The molecule has 1 fully saturated rings. The number of aliphatic hydroxyl groups is 1. The van der Waals surface area contributed by atoms with E-state index < -0.39 is 6.10 Å². The Labute approximate surface area is 157 Å². The second-order valence-corrected chi connectivity index (χ2v) is 7.52. The van der Waals surface area contributed by atoms with Gasteiger partial charge >= 0.3 is 0 Å². The number of carbonyl (C=O) groups excluding carboxylic acids is 1. The second kappa shape index (κ2) is 8.62. The number of ether oxygens (including phenoxy) is 1. The normalized spacial score (nSPS) is 20.7. The van der Waals surface area contributed by atoms with Crippen molar-refractivity contribution in [3.05, 3.63) is 45.9 Å². The number of β-amino-alcohol motifs (C(OH)–C–C–N with tert-alkyl or cyclic N) is 1. The number of benzene rings is 1. The van der Waals surface area contributed by atoms with Crippen LogP contribution in [0.3, 0.4) is 0 Å². The highest BCUT2D eigenvalue weighted by atomic mass is 32.1. The molecule has 0 bridgehead atoms.